The lowest BCUT2D eigenvalue weighted by Gasteiger charge is -2.05. The van der Waals surface area contributed by atoms with Crippen molar-refractivity contribution >= 4 is 50.9 Å². The Balaban J connectivity index is 1.90. The van der Waals surface area contributed by atoms with Gasteiger partial charge in [-0.3, -0.25) is 0 Å². The molecule has 2 N–H and O–H groups in total. The van der Waals surface area contributed by atoms with Crippen molar-refractivity contribution < 1.29 is 0 Å². The van der Waals surface area contributed by atoms with Crippen LogP contribution in [-0.4, -0.2) is 9.97 Å². The first kappa shape index (κ1) is 12.7. The number of thiophene rings is 1. The molecule has 2 aromatic heterocycles. The van der Waals surface area contributed by atoms with Crippen molar-refractivity contribution in [3.8, 4) is 0 Å². The van der Waals surface area contributed by atoms with E-state index in [9.17, 15) is 0 Å². The second-order valence-corrected chi connectivity index (χ2v) is 6.17. The van der Waals surface area contributed by atoms with Crippen molar-refractivity contribution in [2.45, 2.75) is 10.8 Å². The average Bonchev–Trinajstić information content (AvgIpc) is 2.85. The van der Waals surface area contributed by atoms with Crippen LogP contribution in [0.1, 0.15) is 5.56 Å². The van der Waals surface area contributed by atoms with E-state index in [4.69, 9.17) is 17.3 Å². The average molecular weight is 308 g/mol. The summed E-state index contributed by atoms with van der Waals surface area (Å²) in [4.78, 5) is 9.45. The summed E-state index contributed by atoms with van der Waals surface area (Å²) in [5.41, 5.74) is 6.82. The molecule has 6 heteroatoms. The van der Waals surface area contributed by atoms with Gasteiger partial charge in [-0.1, -0.05) is 29.8 Å². The quantitative estimate of drug-likeness (QED) is 0.581. The molecule has 1 aromatic carbocycles. The van der Waals surface area contributed by atoms with E-state index in [0.717, 1.165) is 31.6 Å². The van der Waals surface area contributed by atoms with Crippen LogP contribution in [0.2, 0.25) is 5.02 Å². The molecule has 0 radical (unpaired) electrons. The Hall–Kier alpha value is -1.30. The Kier molecular flexibility index (Phi) is 3.59. The minimum absolute atomic E-state index is 0.316. The number of aromatic nitrogens is 2. The molecule has 0 saturated carbocycles. The highest BCUT2D eigenvalue weighted by Crippen LogP contribution is 2.32. The van der Waals surface area contributed by atoms with Crippen LogP contribution >= 0.6 is 34.7 Å². The highest BCUT2D eigenvalue weighted by molar-refractivity contribution is 7.98. The van der Waals surface area contributed by atoms with Gasteiger partial charge in [0.1, 0.15) is 9.86 Å². The fraction of sp³-hybridized carbons (Fsp3) is 0.0769. The SMILES string of the molecule is Nc1nc(SCc2ccccc2Cl)c2ccsc2n1. The molecule has 0 bridgehead atoms. The first-order valence-electron chi connectivity index (χ1n) is 5.61. The van der Waals surface area contributed by atoms with Gasteiger partial charge in [0, 0.05) is 16.2 Å². The van der Waals surface area contributed by atoms with Gasteiger partial charge in [0.05, 0.1) is 0 Å². The molecule has 0 unspecified atom stereocenters. The van der Waals surface area contributed by atoms with E-state index in [1.807, 2.05) is 35.7 Å². The molecule has 2 heterocycles. The van der Waals surface area contributed by atoms with Gasteiger partial charge in [0.2, 0.25) is 5.95 Å². The van der Waals surface area contributed by atoms with Crippen LogP contribution in [0, 0.1) is 0 Å². The van der Waals surface area contributed by atoms with E-state index in [1.54, 1.807) is 23.1 Å². The van der Waals surface area contributed by atoms with Gasteiger partial charge in [0.15, 0.2) is 0 Å². The number of halogens is 1. The van der Waals surface area contributed by atoms with E-state index in [-0.39, 0.29) is 0 Å². The Morgan fingerprint density at radius 2 is 2.05 bits per heavy atom. The third kappa shape index (κ3) is 2.68. The van der Waals surface area contributed by atoms with Crippen molar-refractivity contribution in [1.29, 1.82) is 0 Å². The van der Waals surface area contributed by atoms with Gasteiger partial charge >= 0.3 is 0 Å². The zero-order valence-corrected chi connectivity index (χ0v) is 12.2. The van der Waals surface area contributed by atoms with Crippen LogP contribution in [0.3, 0.4) is 0 Å². The first-order chi connectivity index (χ1) is 9.24. The number of thioether (sulfide) groups is 1. The monoisotopic (exact) mass is 307 g/mol. The lowest BCUT2D eigenvalue weighted by atomic mass is 10.2. The molecule has 0 atom stereocenters. The predicted octanol–water partition coefficient (Wildman–Crippen LogP) is 4.22. The summed E-state index contributed by atoms with van der Waals surface area (Å²) in [5.74, 6) is 1.08. The normalized spacial score (nSPS) is 11.0. The van der Waals surface area contributed by atoms with Crippen molar-refractivity contribution in [3.05, 3.63) is 46.3 Å². The second kappa shape index (κ2) is 5.36. The highest BCUT2D eigenvalue weighted by Gasteiger charge is 2.09. The maximum Gasteiger partial charge on any atom is 0.222 e. The zero-order valence-electron chi connectivity index (χ0n) is 9.84. The van der Waals surface area contributed by atoms with E-state index in [0.29, 0.717) is 5.95 Å². The number of rotatable bonds is 3. The first-order valence-corrected chi connectivity index (χ1v) is 7.85. The third-order valence-electron chi connectivity index (χ3n) is 2.63. The number of benzene rings is 1. The molecule has 3 nitrogen and oxygen atoms in total. The van der Waals surface area contributed by atoms with Crippen LogP contribution in [0.15, 0.2) is 40.7 Å². The molecule has 0 aliphatic rings. The molecule has 0 saturated heterocycles. The summed E-state index contributed by atoms with van der Waals surface area (Å²) in [6, 6.07) is 9.84. The molecular weight excluding hydrogens is 298 g/mol. The molecule has 0 aliphatic carbocycles. The van der Waals surface area contributed by atoms with Crippen LogP contribution < -0.4 is 5.73 Å². The number of nitrogen functional groups attached to an aromatic ring is 1. The smallest absolute Gasteiger partial charge is 0.222 e. The Morgan fingerprint density at radius 1 is 1.21 bits per heavy atom. The largest absolute Gasteiger partial charge is 0.368 e. The Labute approximate surface area is 123 Å². The van der Waals surface area contributed by atoms with Crippen LogP contribution in [0.25, 0.3) is 10.2 Å². The molecule has 96 valence electrons. The van der Waals surface area contributed by atoms with Crippen LogP contribution in [0.5, 0.6) is 0 Å². The lowest BCUT2D eigenvalue weighted by molar-refractivity contribution is 1.12. The number of nitrogens with two attached hydrogens (primary N) is 1. The third-order valence-corrected chi connectivity index (χ3v) is 4.84. The minimum atomic E-state index is 0.316. The van der Waals surface area contributed by atoms with Gasteiger partial charge in [-0.05, 0) is 23.1 Å². The van der Waals surface area contributed by atoms with Crippen molar-refractivity contribution in [3.63, 3.8) is 0 Å². The van der Waals surface area contributed by atoms with Crippen molar-refractivity contribution in [2.24, 2.45) is 0 Å². The fourth-order valence-corrected chi connectivity index (χ4v) is 3.86. The number of hydrogen-bond acceptors (Lipinski definition) is 5. The number of fused-ring (bicyclic) bond motifs is 1. The lowest BCUT2D eigenvalue weighted by Crippen LogP contribution is -1.95. The molecular formula is C13H10ClN3S2. The second-order valence-electron chi connectivity index (χ2n) is 3.91. The van der Waals surface area contributed by atoms with Gasteiger partial charge in [-0.15, -0.1) is 23.1 Å². The van der Waals surface area contributed by atoms with E-state index in [2.05, 4.69) is 9.97 Å². The maximum absolute atomic E-state index is 6.15. The number of hydrogen-bond donors (Lipinski definition) is 1. The molecule has 0 fully saturated rings. The molecule has 0 aliphatic heterocycles. The summed E-state index contributed by atoms with van der Waals surface area (Å²) in [5, 5.41) is 4.73. The predicted molar refractivity (Wildman–Crippen MR) is 82.8 cm³/mol. The molecule has 0 spiro atoms. The van der Waals surface area contributed by atoms with Gasteiger partial charge in [-0.25, -0.2) is 9.97 Å². The number of nitrogens with zero attached hydrogens (tertiary/aromatic N) is 2. The van der Waals surface area contributed by atoms with E-state index in [1.165, 1.54) is 0 Å². The van der Waals surface area contributed by atoms with Gasteiger partial charge < -0.3 is 5.73 Å². The standard InChI is InChI=1S/C13H10ClN3S2/c14-10-4-2-1-3-8(10)7-19-12-9-5-6-18-11(9)16-13(15)17-12/h1-6H,7H2,(H2,15,16,17). The molecule has 0 amide bonds. The van der Waals surface area contributed by atoms with Crippen molar-refractivity contribution in [2.75, 3.05) is 5.73 Å². The molecule has 3 rings (SSSR count). The summed E-state index contributed by atoms with van der Waals surface area (Å²) in [7, 11) is 0. The van der Waals surface area contributed by atoms with Crippen LogP contribution in [0.4, 0.5) is 5.95 Å². The van der Waals surface area contributed by atoms with Gasteiger partial charge in [-0.2, -0.15) is 0 Å². The fourth-order valence-electron chi connectivity index (χ4n) is 1.72. The van der Waals surface area contributed by atoms with E-state index >= 15 is 0 Å². The Morgan fingerprint density at radius 3 is 2.89 bits per heavy atom. The van der Waals surface area contributed by atoms with Crippen molar-refractivity contribution in [1.82, 2.24) is 9.97 Å². The summed E-state index contributed by atoms with van der Waals surface area (Å²) in [6.07, 6.45) is 0. The topological polar surface area (TPSA) is 51.8 Å². The zero-order chi connectivity index (χ0) is 13.2. The minimum Gasteiger partial charge on any atom is -0.368 e. The molecule has 3 aromatic rings. The van der Waals surface area contributed by atoms with Crippen LogP contribution in [-0.2, 0) is 5.75 Å². The van der Waals surface area contributed by atoms with E-state index < -0.39 is 0 Å². The summed E-state index contributed by atoms with van der Waals surface area (Å²) >= 11 is 9.35. The Bertz CT molecular complexity index is 727. The summed E-state index contributed by atoms with van der Waals surface area (Å²) in [6.45, 7) is 0. The maximum atomic E-state index is 6.15. The highest BCUT2D eigenvalue weighted by atomic mass is 35.5. The summed E-state index contributed by atoms with van der Waals surface area (Å²) < 4.78 is 0. The number of anilines is 1. The van der Waals surface area contributed by atoms with Gasteiger partial charge in [0.25, 0.3) is 0 Å². The molecule has 19 heavy (non-hydrogen) atoms.